The molecule has 6 rings (SSSR count). The summed E-state index contributed by atoms with van der Waals surface area (Å²) in [6.45, 7) is 0.671. The maximum atomic E-state index is 13.9. The third-order valence-electron chi connectivity index (χ3n) is 9.32. The molecule has 3 amide bonds. The summed E-state index contributed by atoms with van der Waals surface area (Å²) in [6.07, 6.45) is 6.90. The van der Waals surface area contributed by atoms with Gasteiger partial charge in [-0.3, -0.25) is 14.4 Å². The largest absolute Gasteiger partial charge is 0.371 e. The number of nitrogens with one attached hydrogen (secondary N) is 3. The van der Waals surface area contributed by atoms with Gasteiger partial charge in [0.2, 0.25) is 5.91 Å². The van der Waals surface area contributed by atoms with Crippen LogP contribution in [0.2, 0.25) is 5.02 Å². The van der Waals surface area contributed by atoms with E-state index in [1.807, 2.05) is 60.7 Å². The summed E-state index contributed by atoms with van der Waals surface area (Å²) in [5.74, 6) is -1.24. The molecule has 0 aliphatic heterocycles. The number of hydrogen-bond donors (Lipinski definition) is 3. The average Bonchev–Trinajstić information content (AvgIpc) is 3.56. The highest BCUT2D eigenvalue weighted by molar-refractivity contribution is 6.30. The number of nitrogens with zero attached hydrogens (tertiary/aromatic N) is 2. The molecule has 0 bridgehead atoms. The first-order chi connectivity index (χ1) is 24.4. The van der Waals surface area contributed by atoms with E-state index in [0.717, 1.165) is 62.5 Å². The number of carbonyl (C=O) groups excluding carboxylic acids is 3. The monoisotopic (exact) mass is 697 g/mol. The zero-order valence-electron chi connectivity index (χ0n) is 28.1. The average molecular weight is 698 g/mol. The highest BCUT2D eigenvalue weighted by Crippen LogP contribution is 2.25. The Morgan fingerprint density at radius 2 is 1.24 bits per heavy atom. The molecule has 4 aromatic rings. The van der Waals surface area contributed by atoms with Crippen molar-refractivity contribution in [3.8, 4) is 0 Å². The van der Waals surface area contributed by atoms with E-state index in [2.05, 4.69) is 21.0 Å². The summed E-state index contributed by atoms with van der Waals surface area (Å²) in [5.41, 5.74) is 2.80. The molecule has 0 spiro atoms. The quantitative estimate of drug-likeness (QED) is 0.143. The van der Waals surface area contributed by atoms with E-state index >= 15 is 0 Å². The standard InChI is InChI=1S/C39H44ClN5O5/c40-29-19-21-30(22-20-29)41-38(47)33-23-34(39(48)43-32-16-8-10-18-36(32)50-26-28-13-5-2-6-14-28)45(44-33)24-37(46)42-31-15-7-9-17-35(31)49-25-27-11-3-1-4-12-27/h1-6,11-14,19-23,31-32,35-36H,7-10,15-18,24-26H2,(H,41,47)(H,42,46)(H,43,48)/t31-,32-,35-,36-/m0/s1. The molecule has 2 aliphatic carbocycles. The Morgan fingerprint density at radius 3 is 1.82 bits per heavy atom. The van der Waals surface area contributed by atoms with Crippen LogP contribution in [0.1, 0.15) is 83.5 Å². The summed E-state index contributed by atoms with van der Waals surface area (Å²) in [5, 5.41) is 14.1. The topological polar surface area (TPSA) is 124 Å². The molecule has 1 heterocycles. The number of anilines is 1. The van der Waals surface area contributed by atoms with Crippen molar-refractivity contribution in [1.82, 2.24) is 20.4 Å². The van der Waals surface area contributed by atoms with E-state index in [-0.39, 0.29) is 48.1 Å². The summed E-state index contributed by atoms with van der Waals surface area (Å²) >= 11 is 6.01. The third kappa shape index (κ3) is 9.80. The van der Waals surface area contributed by atoms with Gasteiger partial charge in [-0.05, 0) is 61.1 Å². The fraction of sp³-hybridized carbons (Fsp3) is 0.385. The maximum absolute atomic E-state index is 13.9. The molecule has 2 fully saturated rings. The highest BCUT2D eigenvalue weighted by Gasteiger charge is 2.31. The van der Waals surface area contributed by atoms with Crippen LogP contribution in [0.4, 0.5) is 5.69 Å². The van der Waals surface area contributed by atoms with Crippen molar-refractivity contribution in [2.45, 2.75) is 95.4 Å². The molecule has 2 aliphatic rings. The minimum atomic E-state index is -0.510. The van der Waals surface area contributed by atoms with Crippen LogP contribution in [0.3, 0.4) is 0 Å². The third-order valence-corrected chi connectivity index (χ3v) is 9.57. The lowest BCUT2D eigenvalue weighted by Crippen LogP contribution is -2.48. The number of benzene rings is 3. The van der Waals surface area contributed by atoms with Gasteiger partial charge in [0.05, 0.1) is 37.5 Å². The molecule has 2 saturated carbocycles. The molecule has 3 N–H and O–H groups in total. The molecular formula is C39H44ClN5O5. The lowest BCUT2D eigenvalue weighted by atomic mass is 9.92. The second-order valence-corrected chi connectivity index (χ2v) is 13.5. The van der Waals surface area contributed by atoms with Gasteiger partial charge in [0.25, 0.3) is 11.8 Å². The van der Waals surface area contributed by atoms with Gasteiger partial charge in [0.1, 0.15) is 12.2 Å². The zero-order chi connectivity index (χ0) is 34.7. The van der Waals surface area contributed by atoms with E-state index in [0.29, 0.717) is 23.9 Å². The van der Waals surface area contributed by atoms with E-state index < -0.39 is 11.8 Å². The Hall–Kier alpha value is -4.51. The maximum Gasteiger partial charge on any atom is 0.276 e. The molecule has 3 aromatic carbocycles. The van der Waals surface area contributed by atoms with Crippen LogP contribution in [-0.2, 0) is 34.0 Å². The second-order valence-electron chi connectivity index (χ2n) is 13.0. The number of hydrogen-bond acceptors (Lipinski definition) is 6. The Labute approximate surface area is 297 Å². The number of amides is 3. The molecule has 0 unspecified atom stereocenters. The van der Waals surface area contributed by atoms with Gasteiger partial charge in [-0.15, -0.1) is 0 Å². The van der Waals surface area contributed by atoms with E-state index in [9.17, 15) is 14.4 Å². The Kier molecular flexibility index (Phi) is 12.3. The predicted octanol–water partition coefficient (Wildman–Crippen LogP) is 6.69. The van der Waals surface area contributed by atoms with Crippen LogP contribution in [0.5, 0.6) is 0 Å². The Balaban J connectivity index is 1.16. The number of ether oxygens (including phenoxy) is 2. The molecule has 10 nitrogen and oxygen atoms in total. The van der Waals surface area contributed by atoms with Gasteiger partial charge in [-0.1, -0.05) is 97.9 Å². The Morgan fingerprint density at radius 1 is 0.700 bits per heavy atom. The van der Waals surface area contributed by atoms with Crippen molar-refractivity contribution >= 4 is 35.0 Å². The number of halogens is 1. The molecule has 0 radical (unpaired) electrons. The fourth-order valence-electron chi connectivity index (χ4n) is 6.67. The second kappa shape index (κ2) is 17.4. The lowest BCUT2D eigenvalue weighted by molar-refractivity contribution is -0.124. The first-order valence-corrected chi connectivity index (χ1v) is 17.8. The lowest BCUT2D eigenvalue weighted by Gasteiger charge is -2.32. The summed E-state index contributed by atoms with van der Waals surface area (Å²) in [4.78, 5) is 40.7. The smallest absolute Gasteiger partial charge is 0.276 e. The molecule has 0 saturated heterocycles. The van der Waals surface area contributed by atoms with Crippen LogP contribution in [-0.4, -0.2) is 51.8 Å². The Bertz CT molecular complexity index is 1720. The molecule has 4 atom stereocenters. The SMILES string of the molecule is O=C(Cn1nc(C(=O)Nc2ccc(Cl)cc2)cc1C(=O)N[C@H]1CCCC[C@@H]1OCc1ccccc1)N[C@H]1CCCC[C@@H]1OCc1ccccc1. The number of carbonyl (C=O) groups is 3. The van der Waals surface area contributed by atoms with Crippen molar-refractivity contribution in [1.29, 1.82) is 0 Å². The first kappa shape index (κ1) is 35.3. The van der Waals surface area contributed by atoms with Crippen LogP contribution in [0, 0.1) is 0 Å². The van der Waals surface area contributed by atoms with E-state index in [1.54, 1.807) is 24.3 Å². The van der Waals surface area contributed by atoms with Crippen LogP contribution >= 0.6 is 11.6 Å². The minimum Gasteiger partial charge on any atom is -0.371 e. The van der Waals surface area contributed by atoms with Gasteiger partial charge in [0, 0.05) is 16.8 Å². The van der Waals surface area contributed by atoms with Gasteiger partial charge in [-0.2, -0.15) is 5.10 Å². The van der Waals surface area contributed by atoms with Crippen molar-refractivity contribution in [3.05, 3.63) is 119 Å². The van der Waals surface area contributed by atoms with E-state index in [1.165, 1.54) is 10.7 Å². The predicted molar refractivity (Wildman–Crippen MR) is 192 cm³/mol. The van der Waals surface area contributed by atoms with Gasteiger partial charge >= 0.3 is 0 Å². The summed E-state index contributed by atoms with van der Waals surface area (Å²) in [7, 11) is 0. The molecular weight excluding hydrogens is 654 g/mol. The highest BCUT2D eigenvalue weighted by atomic mass is 35.5. The van der Waals surface area contributed by atoms with Gasteiger partial charge in [0.15, 0.2) is 5.69 Å². The molecule has 262 valence electrons. The van der Waals surface area contributed by atoms with Crippen LogP contribution in [0.15, 0.2) is 91.0 Å². The molecule has 50 heavy (non-hydrogen) atoms. The first-order valence-electron chi connectivity index (χ1n) is 17.5. The zero-order valence-corrected chi connectivity index (χ0v) is 28.8. The summed E-state index contributed by atoms with van der Waals surface area (Å²) in [6, 6.07) is 27.6. The van der Waals surface area contributed by atoms with E-state index in [4.69, 9.17) is 21.1 Å². The van der Waals surface area contributed by atoms with Gasteiger partial charge < -0.3 is 25.4 Å². The molecule has 1 aromatic heterocycles. The van der Waals surface area contributed by atoms with Crippen LogP contribution < -0.4 is 16.0 Å². The number of aromatic nitrogens is 2. The summed E-state index contributed by atoms with van der Waals surface area (Å²) < 4.78 is 13.9. The number of rotatable bonds is 13. The van der Waals surface area contributed by atoms with Crippen molar-refractivity contribution < 1.29 is 23.9 Å². The van der Waals surface area contributed by atoms with Crippen molar-refractivity contribution in [2.24, 2.45) is 0 Å². The fourth-order valence-corrected chi connectivity index (χ4v) is 6.79. The normalized spacial score (nSPS) is 20.5. The van der Waals surface area contributed by atoms with Crippen molar-refractivity contribution in [3.63, 3.8) is 0 Å². The minimum absolute atomic E-state index is 0.0140. The van der Waals surface area contributed by atoms with Crippen molar-refractivity contribution in [2.75, 3.05) is 5.32 Å². The molecule has 11 heteroatoms. The van der Waals surface area contributed by atoms with Gasteiger partial charge in [-0.25, -0.2) is 4.68 Å². The van der Waals surface area contributed by atoms with Crippen LogP contribution in [0.25, 0.3) is 0 Å².